The van der Waals surface area contributed by atoms with Crippen molar-refractivity contribution in [3.63, 3.8) is 0 Å². The molecule has 0 saturated carbocycles. The van der Waals surface area contributed by atoms with Crippen LogP contribution >= 0.6 is 15.9 Å². The molecular formula is C14H7BrF2N6O. The Morgan fingerprint density at radius 3 is 2.88 bits per heavy atom. The predicted octanol–water partition coefficient (Wildman–Crippen LogP) is 3.54. The maximum Gasteiger partial charge on any atom is 0.280 e. The van der Waals surface area contributed by atoms with Gasteiger partial charge in [0.15, 0.2) is 11.3 Å². The van der Waals surface area contributed by atoms with Crippen LogP contribution in [0.25, 0.3) is 28.6 Å². The second-order valence-electron chi connectivity index (χ2n) is 4.75. The number of alkyl halides is 2. The smallest absolute Gasteiger partial charge is 0.280 e. The number of fused-ring (bicyclic) bond motifs is 1. The van der Waals surface area contributed by atoms with E-state index in [1.807, 2.05) is 0 Å². The summed E-state index contributed by atoms with van der Waals surface area (Å²) in [7, 11) is 0. The monoisotopic (exact) mass is 392 g/mol. The van der Waals surface area contributed by atoms with Crippen LogP contribution < -0.4 is 0 Å². The Morgan fingerprint density at radius 2 is 2.08 bits per heavy atom. The highest BCUT2D eigenvalue weighted by atomic mass is 79.9. The molecule has 0 aliphatic heterocycles. The van der Waals surface area contributed by atoms with Gasteiger partial charge in [-0.05, 0) is 28.1 Å². The van der Waals surface area contributed by atoms with Crippen LogP contribution in [0.3, 0.4) is 0 Å². The summed E-state index contributed by atoms with van der Waals surface area (Å²) >= 11 is 3.35. The number of hydrogen-bond acceptors (Lipinski definition) is 6. The number of hydrogen-bond donors (Lipinski definition) is 0. The van der Waals surface area contributed by atoms with Crippen molar-refractivity contribution in [2.45, 2.75) is 6.43 Å². The van der Waals surface area contributed by atoms with Gasteiger partial charge in [0.25, 0.3) is 12.3 Å². The maximum absolute atomic E-state index is 13.0. The third-order valence-corrected chi connectivity index (χ3v) is 3.90. The molecule has 120 valence electrons. The molecular weight excluding hydrogens is 386 g/mol. The third kappa shape index (κ3) is 2.44. The van der Waals surface area contributed by atoms with Crippen molar-refractivity contribution >= 4 is 21.6 Å². The van der Waals surface area contributed by atoms with Crippen LogP contribution in [0.1, 0.15) is 12.1 Å². The van der Waals surface area contributed by atoms with Gasteiger partial charge in [0.05, 0.1) is 0 Å². The van der Waals surface area contributed by atoms with Gasteiger partial charge in [0, 0.05) is 34.7 Å². The Hall–Kier alpha value is -2.75. The zero-order chi connectivity index (χ0) is 16.7. The summed E-state index contributed by atoms with van der Waals surface area (Å²) < 4.78 is 33.0. The minimum absolute atomic E-state index is 0.111. The molecule has 4 rings (SSSR count). The molecule has 0 N–H and O–H groups in total. The van der Waals surface area contributed by atoms with E-state index in [-0.39, 0.29) is 22.9 Å². The Bertz CT molecular complexity index is 1030. The third-order valence-electron chi connectivity index (χ3n) is 3.27. The highest BCUT2D eigenvalue weighted by molar-refractivity contribution is 9.10. The molecule has 4 heterocycles. The van der Waals surface area contributed by atoms with E-state index in [9.17, 15) is 8.78 Å². The van der Waals surface area contributed by atoms with E-state index in [4.69, 9.17) is 4.52 Å². The first-order valence-corrected chi connectivity index (χ1v) is 7.49. The summed E-state index contributed by atoms with van der Waals surface area (Å²) in [4.78, 5) is 12.2. The van der Waals surface area contributed by atoms with Crippen molar-refractivity contribution in [1.29, 1.82) is 0 Å². The molecule has 0 amide bonds. The maximum atomic E-state index is 13.0. The molecule has 0 atom stereocenters. The largest absolute Gasteiger partial charge is 0.332 e. The van der Waals surface area contributed by atoms with Crippen LogP contribution in [0, 0.1) is 0 Å². The van der Waals surface area contributed by atoms with Crippen LogP contribution in [-0.4, -0.2) is 29.7 Å². The Kier molecular flexibility index (Phi) is 3.53. The second kappa shape index (κ2) is 5.71. The summed E-state index contributed by atoms with van der Waals surface area (Å²) in [6.45, 7) is 0. The standard InChI is InChI=1S/C14H7BrF2N6O/c15-8-6-18-3-1-7(8)13-20-14(24-22-13)9-5-11-19-4-2-10(12(16)17)23(11)21-9/h1-6,12H. The van der Waals surface area contributed by atoms with Gasteiger partial charge in [-0.15, -0.1) is 0 Å². The molecule has 0 fully saturated rings. The molecule has 0 spiro atoms. The highest BCUT2D eigenvalue weighted by Gasteiger charge is 2.19. The molecule has 0 saturated heterocycles. The topological polar surface area (TPSA) is 82.0 Å². The van der Waals surface area contributed by atoms with E-state index in [1.54, 1.807) is 18.5 Å². The lowest BCUT2D eigenvalue weighted by Gasteiger charge is -2.00. The van der Waals surface area contributed by atoms with Gasteiger partial charge >= 0.3 is 0 Å². The molecule has 7 nitrogen and oxygen atoms in total. The van der Waals surface area contributed by atoms with Crippen LogP contribution in [0.5, 0.6) is 0 Å². The molecule has 24 heavy (non-hydrogen) atoms. The van der Waals surface area contributed by atoms with E-state index in [2.05, 4.69) is 41.1 Å². The molecule has 0 aromatic carbocycles. The number of nitrogens with zero attached hydrogens (tertiary/aromatic N) is 6. The average Bonchev–Trinajstić information content (AvgIpc) is 3.21. The fraction of sp³-hybridized carbons (Fsp3) is 0.0714. The number of aromatic nitrogens is 6. The minimum Gasteiger partial charge on any atom is -0.332 e. The Labute approximate surface area is 141 Å². The molecule has 0 unspecified atom stereocenters. The lowest BCUT2D eigenvalue weighted by Crippen LogP contribution is -2.00. The van der Waals surface area contributed by atoms with E-state index in [0.29, 0.717) is 15.9 Å². The van der Waals surface area contributed by atoms with Gasteiger partial charge in [-0.1, -0.05) is 5.16 Å². The van der Waals surface area contributed by atoms with Gasteiger partial charge in [-0.3, -0.25) is 4.98 Å². The van der Waals surface area contributed by atoms with Crippen molar-refractivity contribution in [2.24, 2.45) is 0 Å². The number of pyridine rings is 1. The van der Waals surface area contributed by atoms with Gasteiger partial charge < -0.3 is 4.52 Å². The first-order chi connectivity index (χ1) is 11.6. The number of rotatable bonds is 3. The van der Waals surface area contributed by atoms with Crippen LogP contribution in [0.4, 0.5) is 8.78 Å². The molecule has 10 heteroatoms. The SMILES string of the molecule is FC(F)c1ccnc2cc(-c3nc(-c4ccncc4Br)no3)nn12. The quantitative estimate of drug-likeness (QED) is 0.530. The molecule has 0 aliphatic carbocycles. The second-order valence-corrected chi connectivity index (χ2v) is 5.60. The van der Waals surface area contributed by atoms with E-state index in [0.717, 1.165) is 4.52 Å². The highest BCUT2D eigenvalue weighted by Crippen LogP contribution is 2.27. The summed E-state index contributed by atoms with van der Waals surface area (Å²) in [5.41, 5.74) is 0.963. The Morgan fingerprint density at radius 1 is 1.21 bits per heavy atom. The van der Waals surface area contributed by atoms with Crippen LogP contribution in [0.15, 0.2) is 45.8 Å². The van der Waals surface area contributed by atoms with Gasteiger partial charge in [0.2, 0.25) is 5.82 Å². The molecule has 4 aromatic rings. The van der Waals surface area contributed by atoms with Gasteiger partial charge in [0.1, 0.15) is 5.69 Å². The zero-order valence-electron chi connectivity index (χ0n) is 11.8. The zero-order valence-corrected chi connectivity index (χ0v) is 13.4. The van der Waals surface area contributed by atoms with Crippen molar-refractivity contribution in [1.82, 2.24) is 29.7 Å². The molecule has 0 bridgehead atoms. The van der Waals surface area contributed by atoms with Crippen molar-refractivity contribution in [3.8, 4) is 23.0 Å². The lowest BCUT2D eigenvalue weighted by atomic mass is 10.2. The van der Waals surface area contributed by atoms with Crippen molar-refractivity contribution < 1.29 is 13.3 Å². The molecule has 0 radical (unpaired) electrons. The molecule has 4 aromatic heterocycles. The van der Waals surface area contributed by atoms with Crippen molar-refractivity contribution in [3.05, 3.63) is 47.0 Å². The molecule has 0 aliphatic rings. The van der Waals surface area contributed by atoms with Crippen LogP contribution in [-0.2, 0) is 0 Å². The van der Waals surface area contributed by atoms with E-state index >= 15 is 0 Å². The van der Waals surface area contributed by atoms with Gasteiger partial charge in [-0.25, -0.2) is 18.3 Å². The summed E-state index contributed by atoms with van der Waals surface area (Å²) in [6, 6.07) is 4.44. The fourth-order valence-corrected chi connectivity index (χ4v) is 2.60. The fourth-order valence-electron chi connectivity index (χ4n) is 2.18. The first kappa shape index (κ1) is 14.8. The van der Waals surface area contributed by atoms with Gasteiger partial charge in [-0.2, -0.15) is 10.1 Å². The summed E-state index contributed by atoms with van der Waals surface area (Å²) in [5, 5.41) is 7.98. The summed E-state index contributed by atoms with van der Waals surface area (Å²) in [6.07, 6.45) is 1.83. The normalized spacial score (nSPS) is 11.5. The Balaban J connectivity index is 1.79. The van der Waals surface area contributed by atoms with Crippen molar-refractivity contribution in [2.75, 3.05) is 0 Å². The van der Waals surface area contributed by atoms with E-state index < -0.39 is 6.43 Å². The first-order valence-electron chi connectivity index (χ1n) is 6.70. The number of halogens is 3. The summed E-state index contributed by atoms with van der Waals surface area (Å²) in [5.74, 6) is 0.442. The van der Waals surface area contributed by atoms with E-state index in [1.165, 1.54) is 18.3 Å². The minimum atomic E-state index is -2.67. The predicted molar refractivity (Wildman–Crippen MR) is 82.2 cm³/mol. The lowest BCUT2D eigenvalue weighted by molar-refractivity contribution is 0.143. The van der Waals surface area contributed by atoms with Crippen LogP contribution in [0.2, 0.25) is 0 Å². The average molecular weight is 393 g/mol.